The van der Waals surface area contributed by atoms with Crippen LogP contribution in [0.25, 0.3) is 5.65 Å². The van der Waals surface area contributed by atoms with E-state index in [2.05, 4.69) is 23.4 Å². The Morgan fingerprint density at radius 1 is 1.37 bits per heavy atom. The monoisotopic (exact) mass is 277 g/mol. The molecule has 2 heterocycles. The Hall–Kier alpha value is -1.06. The molecule has 0 aromatic carbocycles. The van der Waals surface area contributed by atoms with E-state index in [0.717, 1.165) is 28.8 Å². The van der Waals surface area contributed by atoms with Gasteiger partial charge in [-0.1, -0.05) is 31.4 Å². The summed E-state index contributed by atoms with van der Waals surface area (Å²) < 4.78 is 1.99. The molecule has 0 saturated heterocycles. The van der Waals surface area contributed by atoms with Crippen molar-refractivity contribution < 1.29 is 0 Å². The summed E-state index contributed by atoms with van der Waals surface area (Å²) in [6.45, 7) is 3.19. The summed E-state index contributed by atoms with van der Waals surface area (Å²) in [7, 11) is 0. The minimum Gasteiger partial charge on any atom is -0.308 e. The molecule has 0 bridgehead atoms. The van der Waals surface area contributed by atoms with Gasteiger partial charge in [-0.3, -0.25) is 0 Å². The van der Waals surface area contributed by atoms with Gasteiger partial charge in [-0.25, -0.2) is 4.98 Å². The van der Waals surface area contributed by atoms with Crippen molar-refractivity contribution in [1.82, 2.24) is 14.7 Å². The SMILES string of the molecule is CC1CCCC(NCc2cn3cc(Cl)ccc3n2)C1. The Morgan fingerprint density at radius 3 is 3.11 bits per heavy atom. The molecule has 0 aliphatic heterocycles. The first-order valence-corrected chi connectivity index (χ1v) is 7.45. The average Bonchev–Trinajstić information content (AvgIpc) is 2.78. The Labute approximate surface area is 119 Å². The van der Waals surface area contributed by atoms with Crippen LogP contribution in [0.3, 0.4) is 0 Å². The average molecular weight is 278 g/mol. The van der Waals surface area contributed by atoms with Crippen molar-refractivity contribution in [2.45, 2.75) is 45.2 Å². The predicted molar refractivity (Wildman–Crippen MR) is 78.5 cm³/mol. The molecule has 0 radical (unpaired) electrons. The molecule has 2 atom stereocenters. The molecule has 1 aliphatic carbocycles. The van der Waals surface area contributed by atoms with E-state index in [0.29, 0.717) is 6.04 Å². The molecule has 0 amide bonds. The van der Waals surface area contributed by atoms with Crippen molar-refractivity contribution in [1.29, 1.82) is 0 Å². The smallest absolute Gasteiger partial charge is 0.137 e. The molecule has 1 saturated carbocycles. The van der Waals surface area contributed by atoms with Gasteiger partial charge in [0.1, 0.15) is 5.65 Å². The lowest BCUT2D eigenvalue weighted by molar-refractivity contribution is 0.300. The van der Waals surface area contributed by atoms with E-state index < -0.39 is 0 Å². The minimum atomic E-state index is 0.650. The zero-order valence-corrected chi connectivity index (χ0v) is 12.0. The number of nitrogens with zero attached hydrogens (tertiary/aromatic N) is 2. The second kappa shape index (κ2) is 5.51. The largest absolute Gasteiger partial charge is 0.308 e. The maximum atomic E-state index is 5.98. The summed E-state index contributed by atoms with van der Waals surface area (Å²) in [5.41, 5.74) is 2.04. The second-order valence-corrected chi connectivity index (χ2v) is 6.13. The summed E-state index contributed by atoms with van der Waals surface area (Å²) in [5, 5.41) is 4.38. The third-order valence-electron chi connectivity index (χ3n) is 3.97. The Kier molecular flexibility index (Phi) is 3.76. The second-order valence-electron chi connectivity index (χ2n) is 5.69. The summed E-state index contributed by atoms with van der Waals surface area (Å²) in [4.78, 5) is 4.60. The highest BCUT2D eigenvalue weighted by Crippen LogP contribution is 2.23. The van der Waals surface area contributed by atoms with E-state index in [-0.39, 0.29) is 0 Å². The highest BCUT2D eigenvalue weighted by molar-refractivity contribution is 6.30. The third kappa shape index (κ3) is 3.10. The van der Waals surface area contributed by atoms with Gasteiger partial charge in [0.15, 0.2) is 0 Å². The standard InChI is InChI=1S/C15H20ClN3/c1-11-3-2-4-13(7-11)17-8-14-10-19-9-12(16)5-6-15(19)18-14/h5-6,9-11,13,17H,2-4,7-8H2,1H3. The van der Waals surface area contributed by atoms with E-state index in [1.807, 2.05) is 22.7 Å². The molecule has 19 heavy (non-hydrogen) atoms. The first-order valence-electron chi connectivity index (χ1n) is 7.07. The van der Waals surface area contributed by atoms with Crippen molar-refractivity contribution in [3.63, 3.8) is 0 Å². The highest BCUT2D eigenvalue weighted by atomic mass is 35.5. The third-order valence-corrected chi connectivity index (χ3v) is 4.20. The van der Waals surface area contributed by atoms with E-state index in [1.165, 1.54) is 25.7 Å². The summed E-state index contributed by atoms with van der Waals surface area (Å²) in [6.07, 6.45) is 9.27. The molecule has 4 heteroatoms. The number of halogens is 1. The van der Waals surface area contributed by atoms with Gasteiger partial charge >= 0.3 is 0 Å². The Morgan fingerprint density at radius 2 is 2.26 bits per heavy atom. The van der Waals surface area contributed by atoms with Crippen molar-refractivity contribution in [3.8, 4) is 0 Å². The topological polar surface area (TPSA) is 29.3 Å². The number of rotatable bonds is 3. The molecule has 2 aromatic rings. The first kappa shape index (κ1) is 12.9. The van der Waals surface area contributed by atoms with Crippen LogP contribution in [-0.4, -0.2) is 15.4 Å². The number of hydrogen-bond donors (Lipinski definition) is 1. The van der Waals surface area contributed by atoms with Crippen molar-refractivity contribution in [3.05, 3.63) is 35.2 Å². The molecule has 1 fully saturated rings. The molecule has 2 unspecified atom stereocenters. The molecule has 1 aliphatic rings. The summed E-state index contributed by atoms with van der Waals surface area (Å²) in [6, 6.07) is 4.48. The van der Waals surface area contributed by atoms with Gasteiger partial charge in [0.2, 0.25) is 0 Å². The first-order chi connectivity index (χ1) is 9.20. The zero-order valence-electron chi connectivity index (χ0n) is 11.3. The fourth-order valence-electron chi connectivity index (χ4n) is 2.97. The van der Waals surface area contributed by atoms with Gasteiger partial charge in [-0.2, -0.15) is 0 Å². The molecule has 0 spiro atoms. The van der Waals surface area contributed by atoms with Gasteiger partial charge in [-0.05, 0) is 30.9 Å². The molecular weight excluding hydrogens is 258 g/mol. The number of nitrogens with one attached hydrogen (secondary N) is 1. The number of aromatic nitrogens is 2. The normalized spacial score (nSPS) is 23.9. The van der Waals surface area contributed by atoms with Crippen LogP contribution in [0.2, 0.25) is 5.02 Å². The Bertz CT molecular complexity index is 564. The van der Waals surface area contributed by atoms with Crippen molar-refractivity contribution in [2.24, 2.45) is 5.92 Å². The van der Waals surface area contributed by atoms with E-state index in [9.17, 15) is 0 Å². The van der Waals surface area contributed by atoms with Crippen LogP contribution >= 0.6 is 11.6 Å². The van der Waals surface area contributed by atoms with E-state index in [1.54, 1.807) is 0 Å². The van der Waals surface area contributed by atoms with E-state index in [4.69, 9.17) is 11.6 Å². The van der Waals surface area contributed by atoms with Gasteiger partial charge < -0.3 is 9.72 Å². The van der Waals surface area contributed by atoms with Crippen LogP contribution in [-0.2, 0) is 6.54 Å². The summed E-state index contributed by atoms with van der Waals surface area (Å²) in [5.74, 6) is 0.853. The van der Waals surface area contributed by atoms with Crippen molar-refractivity contribution >= 4 is 17.2 Å². The molecule has 3 nitrogen and oxygen atoms in total. The van der Waals surface area contributed by atoms with Crippen molar-refractivity contribution in [2.75, 3.05) is 0 Å². The molecule has 102 valence electrons. The number of hydrogen-bond acceptors (Lipinski definition) is 2. The van der Waals surface area contributed by atoms with Gasteiger partial charge in [0.25, 0.3) is 0 Å². The molecular formula is C15H20ClN3. The lowest BCUT2D eigenvalue weighted by atomic mass is 9.87. The maximum Gasteiger partial charge on any atom is 0.137 e. The van der Waals surface area contributed by atoms with Crippen LogP contribution in [0, 0.1) is 5.92 Å². The van der Waals surface area contributed by atoms with Gasteiger partial charge in [0, 0.05) is 25.0 Å². The minimum absolute atomic E-state index is 0.650. The van der Waals surface area contributed by atoms with Gasteiger partial charge in [-0.15, -0.1) is 0 Å². The molecule has 1 N–H and O–H groups in total. The fraction of sp³-hybridized carbons (Fsp3) is 0.533. The quantitative estimate of drug-likeness (QED) is 0.928. The predicted octanol–water partition coefficient (Wildman–Crippen LogP) is 3.66. The van der Waals surface area contributed by atoms with Crippen LogP contribution in [0.5, 0.6) is 0 Å². The fourth-order valence-corrected chi connectivity index (χ4v) is 3.14. The van der Waals surface area contributed by atoms with E-state index >= 15 is 0 Å². The summed E-state index contributed by atoms with van der Waals surface area (Å²) >= 11 is 5.98. The zero-order chi connectivity index (χ0) is 13.2. The van der Waals surface area contributed by atoms with Crippen LogP contribution < -0.4 is 5.32 Å². The Balaban J connectivity index is 1.65. The maximum absolute atomic E-state index is 5.98. The van der Waals surface area contributed by atoms with Crippen LogP contribution in [0.1, 0.15) is 38.3 Å². The van der Waals surface area contributed by atoms with Crippen LogP contribution in [0.4, 0.5) is 0 Å². The lowest BCUT2D eigenvalue weighted by Crippen LogP contribution is -2.33. The number of fused-ring (bicyclic) bond motifs is 1. The number of imidazole rings is 1. The number of pyridine rings is 1. The molecule has 2 aromatic heterocycles. The van der Waals surface area contributed by atoms with Crippen LogP contribution in [0.15, 0.2) is 24.5 Å². The van der Waals surface area contributed by atoms with Gasteiger partial charge in [0.05, 0.1) is 10.7 Å². The lowest BCUT2D eigenvalue weighted by Gasteiger charge is -2.27. The molecule has 3 rings (SSSR count). The highest BCUT2D eigenvalue weighted by Gasteiger charge is 2.18.